The molecule has 1 atom stereocenters. The van der Waals surface area contributed by atoms with E-state index < -0.39 is 26.8 Å². The molecule has 142 valence electrons. The van der Waals surface area contributed by atoms with Gasteiger partial charge < -0.3 is 14.3 Å². The number of hydrogen-bond donors (Lipinski definition) is 1. The normalized spacial score (nSPS) is 12.7. The van der Waals surface area contributed by atoms with Gasteiger partial charge in [0.15, 0.2) is 9.84 Å². The van der Waals surface area contributed by atoms with Crippen LogP contribution in [0.2, 0.25) is 0 Å². The molecule has 0 aliphatic carbocycles. The van der Waals surface area contributed by atoms with E-state index in [1.54, 1.807) is 19.1 Å². The molecule has 2 heterocycles. The standard InChI is InChI=1S/C18H17FN2O5S/c1-12-9-14(21-26-12)10-18(22)20-11-17(16-3-2-8-25-16)27(23,24)15-6-4-13(19)5-7-15/h2-9,17H,10-11H2,1H3,(H,20,22). The summed E-state index contributed by atoms with van der Waals surface area (Å²) in [5.74, 6) is -0.198. The Balaban J connectivity index is 1.78. The van der Waals surface area contributed by atoms with Crippen molar-refractivity contribution in [2.24, 2.45) is 0 Å². The van der Waals surface area contributed by atoms with E-state index in [0.29, 0.717) is 11.5 Å². The molecule has 0 saturated heterocycles. The first-order valence-corrected chi connectivity index (χ1v) is 9.62. The number of nitrogens with zero attached hydrogens (tertiary/aromatic N) is 1. The van der Waals surface area contributed by atoms with Gasteiger partial charge in [0, 0.05) is 12.6 Å². The third kappa shape index (κ3) is 4.43. The molecule has 0 saturated carbocycles. The minimum Gasteiger partial charge on any atom is -0.468 e. The summed E-state index contributed by atoms with van der Waals surface area (Å²) >= 11 is 0. The number of aryl methyl sites for hydroxylation is 1. The van der Waals surface area contributed by atoms with Crippen molar-refractivity contribution >= 4 is 15.7 Å². The summed E-state index contributed by atoms with van der Waals surface area (Å²) in [5, 5.41) is 5.16. The molecular weight excluding hydrogens is 375 g/mol. The molecular formula is C18H17FN2O5S. The topological polar surface area (TPSA) is 102 Å². The first kappa shape index (κ1) is 18.8. The number of rotatable bonds is 7. The Morgan fingerprint density at radius 2 is 2.00 bits per heavy atom. The number of carbonyl (C=O) groups excluding carboxylic acids is 1. The van der Waals surface area contributed by atoms with Crippen LogP contribution in [0, 0.1) is 12.7 Å². The Morgan fingerprint density at radius 1 is 1.26 bits per heavy atom. The lowest BCUT2D eigenvalue weighted by atomic mass is 10.2. The average Bonchev–Trinajstić information content (AvgIpc) is 3.27. The van der Waals surface area contributed by atoms with Crippen LogP contribution in [-0.2, 0) is 21.1 Å². The van der Waals surface area contributed by atoms with E-state index >= 15 is 0 Å². The molecule has 1 amide bonds. The summed E-state index contributed by atoms with van der Waals surface area (Å²) in [6.07, 6.45) is 1.31. The maximum Gasteiger partial charge on any atom is 0.226 e. The van der Waals surface area contributed by atoms with Crippen molar-refractivity contribution < 1.29 is 26.5 Å². The van der Waals surface area contributed by atoms with Gasteiger partial charge in [0.1, 0.15) is 22.6 Å². The Bertz CT molecular complexity index is 1010. The van der Waals surface area contributed by atoms with Crippen LogP contribution in [0.25, 0.3) is 0 Å². The molecule has 3 aromatic rings. The van der Waals surface area contributed by atoms with Crippen molar-refractivity contribution in [3.63, 3.8) is 0 Å². The Hall–Kier alpha value is -2.94. The molecule has 0 spiro atoms. The van der Waals surface area contributed by atoms with Crippen molar-refractivity contribution in [3.05, 3.63) is 71.8 Å². The molecule has 7 nitrogen and oxygen atoms in total. The van der Waals surface area contributed by atoms with Gasteiger partial charge in [0.25, 0.3) is 0 Å². The Kier molecular flexibility index (Phi) is 5.41. The molecule has 9 heteroatoms. The van der Waals surface area contributed by atoms with Gasteiger partial charge in [-0.3, -0.25) is 4.79 Å². The van der Waals surface area contributed by atoms with Crippen molar-refractivity contribution in [1.29, 1.82) is 0 Å². The minimum absolute atomic E-state index is 0.0428. The second kappa shape index (κ2) is 7.75. The van der Waals surface area contributed by atoms with E-state index in [9.17, 15) is 17.6 Å². The van der Waals surface area contributed by atoms with Crippen LogP contribution in [0.1, 0.15) is 22.5 Å². The lowest BCUT2D eigenvalue weighted by molar-refractivity contribution is -0.120. The van der Waals surface area contributed by atoms with Gasteiger partial charge in [0.05, 0.1) is 23.3 Å². The molecule has 1 aromatic carbocycles. The predicted molar refractivity (Wildman–Crippen MR) is 93.0 cm³/mol. The number of benzene rings is 1. The quantitative estimate of drug-likeness (QED) is 0.620. The zero-order valence-electron chi connectivity index (χ0n) is 14.4. The highest BCUT2D eigenvalue weighted by Gasteiger charge is 2.32. The van der Waals surface area contributed by atoms with Gasteiger partial charge in [-0.1, -0.05) is 5.16 Å². The first-order chi connectivity index (χ1) is 12.9. The lowest BCUT2D eigenvalue weighted by Crippen LogP contribution is -2.32. The van der Waals surface area contributed by atoms with Crippen LogP contribution < -0.4 is 5.32 Å². The summed E-state index contributed by atoms with van der Waals surface area (Å²) in [6, 6.07) is 9.19. The zero-order chi connectivity index (χ0) is 19.4. The highest BCUT2D eigenvalue weighted by molar-refractivity contribution is 7.91. The molecule has 1 unspecified atom stereocenters. The monoisotopic (exact) mass is 392 g/mol. The number of furan rings is 1. The van der Waals surface area contributed by atoms with Crippen LogP contribution >= 0.6 is 0 Å². The van der Waals surface area contributed by atoms with Gasteiger partial charge >= 0.3 is 0 Å². The predicted octanol–water partition coefficient (Wildman–Crippen LogP) is 2.59. The highest BCUT2D eigenvalue weighted by Crippen LogP contribution is 2.29. The molecule has 0 aliphatic heterocycles. The fourth-order valence-electron chi connectivity index (χ4n) is 2.56. The van der Waals surface area contributed by atoms with Gasteiger partial charge in [0.2, 0.25) is 5.91 Å². The van der Waals surface area contributed by atoms with Crippen molar-refractivity contribution in [2.75, 3.05) is 6.54 Å². The van der Waals surface area contributed by atoms with Crippen molar-refractivity contribution in [3.8, 4) is 0 Å². The number of hydrogen-bond acceptors (Lipinski definition) is 6. The van der Waals surface area contributed by atoms with Gasteiger partial charge in [-0.2, -0.15) is 0 Å². The second-order valence-electron chi connectivity index (χ2n) is 5.91. The van der Waals surface area contributed by atoms with Crippen LogP contribution in [0.15, 0.2) is 62.6 Å². The van der Waals surface area contributed by atoms with Crippen molar-refractivity contribution in [1.82, 2.24) is 10.5 Å². The molecule has 1 N–H and O–H groups in total. The van der Waals surface area contributed by atoms with E-state index in [-0.39, 0.29) is 23.6 Å². The number of aromatic nitrogens is 1. The summed E-state index contributed by atoms with van der Waals surface area (Å²) < 4.78 is 49.2. The van der Waals surface area contributed by atoms with Crippen LogP contribution in [0.5, 0.6) is 0 Å². The van der Waals surface area contributed by atoms with Gasteiger partial charge in [-0.05, 0) is 43.3 Å². The summed E-state index contributed by atoms with van der Waals surface area (Å²) in [4.78, 5) is 12.1. The van der Waals surface area contributed by atoms with E-state index in [0.717, 1.165) is 12.1 Å². The van der Waals surface area contributed by atoms with E-state index in [1.165, 1.54) is 24.5 Å². The molecule has 27 heavy (non-hydrogen) atoms. The largest absolute Gasteiger partial charge is 0.468 e. The average molecular weight is 392 g/mol. The molecule has 0 fully saturated rings. The van der Waals surface area contributed by atoms with Gasteiger partial charge in [-0.15, -0.1) is 0 Å². The maximum absolute atomic E-state index is 13.1. The van der Waals surface area contributed by atoms with Crippen LogP contribution in [0.3, 0.4) is 0 Å². The smallest absolute Gasteiger partial charge is 0.226 e. The molecule has 2 aromatic heterocycles. The maximum atomic E-state index is 13.1. The lowest BCUT2D eigenvalue weighted by Gasteiger charge is -2.16. The molecule has 3 rings (SSSR count). The molecule has 0 aliphatic rings. The van der Waals surface area contributed by atoms with Crippen LogP contribution in [0.4, 0.5) is 4.39 Å². The molecule has 0 radical (unpaired) electrons. The van der Waals surface area contributed by atoms with E-state index in [2.05, 4.69) is 10.5 Å². The number of sulfone groups is 1. The first-order valence-electron chi connectivity index (χ1n) is 8.08. The Labute approximate surface area is 155 Å². The summed E-state index contributed by atoms with van der Waals surface area (Å²) in [5.41, 5.74) is 0.445. The molecule has 0 bridgehead atoms. The fourth-order valence-corrected chi connectivity index (χ4v) is 4.15. The third-order valence-electron chi connectivity index (χ3n) is 3.88. The van der Waals surface area contributed by atoms with Crippen molar-refractivity contribution in [2.45, 2.75) is 23.5 Å². The number of nitrogens with one attached hydrogen (secondary N) is 1. The summed E-state index contributed by atoms with van der Waals surface area (Å²) in [7, 11) is -3.91. The second-order valence-corrected chi connectivity index (χ2v) is 8.04. The Morgan fingerprint density at radius 3 is 2.59 bits per heavy atom. The van der Waals surface area contributed by atoms with E-state index in [4.69, 9.17) is 8.94 Å². The van der Waals surface area contributed by atoms with Gasteiger partial charge in [-0.25, -0.2) is 12.8 Å². The highest BCUT2D eigenvalue weighted by atomic mass is 32.2. The number of carbonyl (C=O) groups is 1. The third-order valence-corrected chi connectivity index (χ3v) is 5.96. The van der Waals surface area contributed by atoms with Crippen LogP contribution in [-0.4, -0.2) is 26.0 Å². The zero-order valence-corrected chi connectivity index (χ0v) is 15.2. The number of halogens is 1. The number of amides is 1. The fraction of sp³-hybridized carbons (Fsp3) is 0.222. The van der Waals surface area contributed by atoms with E-state index in [1.807, 2.05) is 0 Å². The SMILES string of the molecule is Cc1cc(CC(=O)NCC(c2ccco2)S(=O)(=O)c2ccc(F)cc2)no1. The minimum atomic E-state index is -3.91. The summed E-state index contributed by atoms with van der Waals surface area (Å²) in [6.45, 7) is 1.50.